The molecular formula is C23H16N4O5. The number of hydrogen-bond acceptors (Lipinski definition) is 7. The molecule has 0 fully saturated rings. The smallest absolute Gasteiger partial charge is 0.299 e. The standard InChI is InChI=1S/C23H16N4O5/c28-23-12-9-15-5-1-2-6-17(15)18(23)14-24-19-7-3-4-8-20(19)25-21-11-10-16(26(29)30)13-22(21)27(31)32/h1-14,25,28H. The zero-order chi connectivity index (χ0) is 22.7. The van der Waals surface area contributed by atoms with Crippen LogP contribution in [0, 0.1) is 20.2 Å². The zero-order valence-corrected chi connectivity index (χ0v) is 16.5. The third-order valence-electron chi connectivity index (χ3n) is 4.84. The number of fused-ring (bicyclic) bond motifs is 1. The van der Waals surface area contributed by atoms with Crippen LogP contribution < -0.4 is 5.32 Å². The molecule has 0 aliphatic heterocycles. The van der Waals surface area contributed by atoms with Crippen molar-refractivity contribution in [3.8, 4) is 5.75 Å². The molecule has 4 rings (SSSR count). The number of benzene rings is 4. The molecule has 0 saturated heterocycles. The summed E-state index contributed by atoms with van der Waals surface area (Å²) in [5, 5.41) is 37.4. The first-order valence-electron chi connectivity index (χ1n) is 9.48. The van der Waals surface area contributed by atoms with E-state index in [-0.39, 0.29) is 17.1 Å². The molecule has 32 heavy (non-hydrogen) atoms. The lowest BCUT2D eigenvalue weighted by atomic mass is 10.0. The normalized spacial score (nSPS) is 11.0. The first kappa shape index (κ1) is 20.5. The number of nitrogens with one attached hydrogen (secondary N) is 1. The molecule has 4 aromatic carbocycles. The second-order valence-corrected chi connectivity index (χ2v) is 6.84. The minimum atomic E-state index is -0.689. The number of non-ortho nitro benzene ring substituents is 1. The first-order chi connectivity index (χ1) is 15.4. The van der Waals surface area contributed by atoms with Gasteiger partial charge < -0.3 is 10.4 Å². The lowest BCUT2D eigenvalue weighted by Gasteiger charge is -2.10. The average molecular weight is 428 g/mol. The van der Waals surface area contributed by atoms with Crippen molar-refractivity contribution >= 4 is 45.4 Å². The fraction of sp³-hybridized carbons (Fsp3) is 0. The third-order valence-corrected chi connectivity index (χ3v) is 4.84. The van der Waals surface area contributed by atoms with Gasteiger partial charge in [0.25, 0.3) is 11.4 Å². The van der Waals surface area contributed by atoms with Crippen molar-refractivity contribution in [2.24, 2.45) is 4.99 Å². The highest BCUT2D eigenvalue weighted by Crippen LogP contribution is 2.35. The summed E-state index contributed by atoms with van der Waals surface area (Å²) in [5.74, 6) is 0.0731. The predicted molar refractivity (Wildman–Crippen MR) is 122 cm³/mol. The molecule has 4 aromatic rings. The average Bonchev–Trinajstić information content (AvgIpc) is 2.79. The van der Waals surface area contributed by atoms with Gasteiger partial charge in [-0.2, -0.15) is 0 Å². The number of nitrogens with zero attached hydrogens (tertiary/aromatic N) is 3. The van der Waals surface area contributed by atoms with Crippen LogP contribution in [0.25, 0.3) is 10.8 Å². The SMILES string of the molecule is O=[N+]([O-])c1ccc(Nc2ccccc2N=Cc2c(O)ccc3ccccc23)c([N+](=O)[O-])c1. The molecule has 158 valence electrons. The highest BCUT2D eigenvalue weighted by Gasteiger charge is 2.20. The molecule has 0 amide bonds. The van der Waals surface area contributed by atoms with Gasteiger partial charge in [-0.1, -0.05) is 42.5 Å². The molecule has 0 aromatic heterocycles. The van der Waals surface area contributed by atoms with Gasteiger partial charge in [0.15, 0.2) is 0 Å². The second-order valence-electron chi connectivity index (χ2n) is 6.84. The number of aliphatic imine (C=N–C) groups is 1. The lowest BCUT2D eigenvalue weighted by molar-refractivity contribution is -0.393. The molecule has 9 heteroatoms. The van der Waals surface area contributed by atoms with E-state index < -0.39 is 15.5 Å². The maximum Gasteiger partial charge on any atom is 0.299 e. The lowest BCUT2D eigenvalue weighted by Crippen LogP contribution is -1.99. The maximum atomic E-state index is 11.4. The van der Waals surface area contributed by atoms with E-state index >= 15 is 0 Å². The van der Waals surface area contributed by atoms with Gasteiger partial charge in [-0.25, -0.2) is 0 Å². The molecule has 0 atom stereocenters. The van der Waals surface area contributed by atoms with Crippen molar-refractivity contribution in [1.29, 1.82) is 0 Å². The fourth-order valence-electron chi connectivity index (χ4n) is 3.28. The summed E-state index contributed by atoms with van der Waals surface area (Å²) in [7, 11) is 0. The second kappa shape index (κ2) is 8.52. The Kier molecular flexibility index (Phi) is 5.45. The topological polar surface area (TPSA) is 131 Å². The minimum Gasteiger partial charge on any atom is -0.507 e. The van der Waals surface area contributed by atoms with E-state index in [0.29, 0.717) is 16.9 Å². The number of nitro groups is 2. The number of anilines is 2. The number of para-hydroxylation sites is 2. The highest BCUT2D eigenvalue weighted by atomic mass is 16.6. The van der Waals surface area contributed by atoms with Gasteiger partial charge in [0.1, 0.15) is 11.4 Å². The van der Waals surface area contributed by atoms with E-state index in [2.05, 4.69) is 10.3 Å². The van der Waals surface area contributed by atoms with Gasteiger partial charge >= 0.3 is 0 Å². The molecule has 0 aliphatic carbocycles. The molecule has 0 spiro atoms. The molecule has 0 bridgehead atoms. The number of hydrogen-bond donors (Lipinski definition) is 2. The monoisotopic (exact) mass is 428 g/mol. The van der Waals surface area contributed by atoms with Crippen LogP contribution in [-0.2, 0) is 0 Å². The number of phenols is 1. The number of nitro benzene ring substituents is 2. The predicted octanol–water partition coefficient (Wildman–Crippen LogP) is 5.86. The van der Waals surface area contributed by atoms with Crippen molar-refractivity contribution in [1.82, 2.24) is 0 Å². The van der Waals surface area contributed by atoms with E-state index in [4.69, 9.17) is 0 Å². The molecule has 0 heterocycles. The van der Waals surface area contributed by atoms with Crippen molar-refractivity contribution in [3.63, 3.8) is 0 Å². The van der Waals surface area contributed by atoms with Crippen LogP contribution in [0.1, 0.15) is 5.56 Å². The Bertz CT molecular complexity index is 1380. The Morgan fingerprint density at radius 3 is 2.38 bits per heavy atom. The van der Waals surface area contributed by atoms with Gasteiger partial charge in [0.05, 0.1) is 27.3 Å². The first-order valence-corrected chi connectivity index (χ1v) is 9.48. The van der Waals surface area contributed by atoms with E-state index in [9.17, 15) is 25.3 Å². The van der Waals surface area contributed by atoms with Crippen molar-refractivity contribution in [2.75, 3.05) is 5.32 Å². The summed E-state index contributed by atoms with van der Waals surface area (Å²) in [5.41, 5.74) is 0.757. The van der Waals surface area contributed by atoms with Crippen molar-refractivity contribution in [3.05, 3.63) is 105 Å². The molecular weight excluding hydrogens is 412 g/mol. The summed E-state index contributed by atoms with van der Waals surface area (Å²) < 4.78 is 0. The Hall–Kier alpha value is -4.79. The van der Waals surface area contributed by atoms with Crippen molar-refractivity contribution < 1.29 is 15.0 Å². The van der Waals surface area contributed by atoms with Crippen LogP contribution in [0.3, 0.4) is 0 Å². The molecule has 2 N–H and O–H groups in total. The molecule has 0 radical (unpaired) electrons. The van der Waals surface area contributed by atoms with Gasteiger partial charge in [-0.15, -0.1) is 0 Å². The number of phenolic OH excluding ortho intramolecular Hbond substituents is 1. The summed E-state index contributed by atoms with van der Waals surface area (Å²) in [4.78, 5) is 25.5. The van der Waals surface area contributed by atoms with E-state index in [1.807, 2.05) is 30.3 Å². The Labute approximate surface area is 181 Å². The van der Waals surface area contributed by atoms with Gasteiger partial charge in [-0.05, 0) is 35.0 Å². The molecule has 0 saturated carbocycles. The van der Waals surface area contributed by atoms with Crippen LogP contribution in [0.4, 0.5) is 28.4 Å². The van der Waals surface area contributed by atoms with E-state index in [0.717, 1.165) is 16.8 Å². The van der Waals surface area contributed by atoms with Crippen LogP contribution >= 0.6 is 0 Å². The highest BCUT2D eigenvalue weighted by molar-refractivity contribution is 6.03. The molecule has 0 unspecified atom stereocenters. The maximum absolute atomic E-state index is 11.4. The fourth-order valence-corrected chi connectivity index (χ4v) is 3.28. The Balaban J connectivity index is 1.72. The van der Waals surface area contributed by atoms with Gasteiger partial charge in [0.2, 0.25) is 0 Å². The van der Waals surface area contributed by atoms with Crippen LogP contribution in [0.15, 0.2) is 83.9 Å². The van der Waals surface area contributed by atoms with Crippen LogP contribution in [0.2, 0.25) is 0 Å². The van der Waals surface area contributed by atoms with Crippen LogP contribution in [-0.4, -0.2) is 21.2 Å². The Morgan fingerprint density at radius 2 is 1.59 bits per heavy atom. The summed E-state index contributed by atoms with van der Waals surface area (Å²) >= 11 is 0. The number of aromatic hydroxyl groups is 1. The summed E-state index contributed by atoms with van der Waals surface area (Å²) in [6.07, 6.45) is 1.53. The molecule has 0 aliphatic rings. The largest absolute Gasteiger partial charge is 0.507 e. The summed E-state index contributed by atoms with van der Waals surface area (Å²) in [6.45, 7) is 0. The van der Waals surface area contributed by atoms with E-state index in [1.165, 1.54) is 18.3 Å². The quantitative estimate of drug-likeness (QED) is 0.225. The van der Waals surface area contributed by atoms with Crippen molar-refractivity contribution in [2.45, 2.75) is 0 Å². The minimum absolute atomic E-state index is 0.0731. The third kappa shape index (κ3) is 4.08. The molecule has 9 nitrogen and oxygen atoms in total. The zero-order valence-electron chi connectivity index (χ0n) is 16.5. The summed E-state index contributed by atoms with van der Waals surface area (Å²) in [6, 6.07) is 21.2. The number of rotatable bonds is 6. The Morgan fingerprint density at radius 1 is 0.844 bits per heavy atom. The van der Waals surface area contributed by atoms with Gasteiger partial charge in [-0.3, -0.25) is 25.2 Å². The van der Waals surface area contributed by atoms with E-state index in [1.54, 1.807) is 30.3 Å². The van der Waals surface area contributed by atoms with Gasteiger partial charge in [0, 0.05) is 17.8 Å². The van der Waals surface area contributed by atoms with Crippen LogP contribution in [0.5, 0.6) is 5.75 Å².